The summed E-state index contributed by atoms with van der Waals surface area (Å²) in [6.45, 7) is 5.98. The van der Waals surface area contributed by atoms with Crippen molar-refractivity contribution in [1.29, 1.82) is 0 Å². The molecule has 1 aromatic carbocycles. The highest BCUT2D eigenvalue weighted by atomic mass is 35.5. The number of rotatable bonds is 8. The summed E-state index contributed by atoms with van der Waals surface area (Å²) in [6, 6.07) is 3.64. The van der Waals surface area contributed by atoms with Crippen LogP contribution in [-0.4, -0.2) is 29.3 Å². The van der Waals surface area contributed by atoms with Crippen LogP contribution in [0.3, 0.4) is 0 Å². The number of unbranched alkanes of at least 4 members (excludes halogenated alkanes) is 1. The van der Waals surface area contributed by atoms with Gasteiger partial charge in [0.05, 0.1) is 27.3 Å². The lowest BCUT2D eigenvalue weighted by Crippen LogP contribution is -2.18. The molecule has 2 rings (SSSR count). The van der Waals surface area contributed by atoms with Gasteiger partial charge in [-0.25, -0.2) is 4.83 Å². The predicted octanol–water partition coefficient (Wildman–Crippen LogP) is 3.17. The van der Waals surface area contributed by atoms with E-state index in [0.29, 0.717) is 28.5 Å². The Labute approximate surface area is 162 Å². The van der Waals surface area contributed by atoms with Gasteiger partial charge < -0.3 is 0 Å². The van der Waals surface area contributed by atoms with Crippen LogP contribution in [0.2, 0.25) is 5.15 Å². The molecule has 1 N–H and O–H groups in total. The average Bonchev–Trinajstić information content (AvgIpc) is 2.87. The molecule has 0 fully saturated rings. The molecule has 0 aliphatic rings. The SMILES string of the molecule is CCCCn1nc(C)c(/C=N\NS(=O)(=O)c2ccc(C)c([N+](=O)[O-])c2)c1Cl. The summed E-state index contributed by atoms with van der Waals surface area (Å²) < 4.78 is 26.3. The number of nitro benzene ring substituents is 1. The quantitative estimate of drug-likeness (QED) is 0.405. The van der Waals surface area contributed by atoms with Crippen molar-refractivity contribution >= 4 is 33.5 Å². The van der Waals surface area contributed by atoms with Crippen LogP contribution in [0.4, 0.5) is 5.69 Å². The molecule has 0 saturated carbocycles. The molecule has 27 heavy (non-hydrogen) atoms. The Hall–Kier alpha value is -2.46. The van der Waals surface area contributed by atoms with Crippen molar-refractivity contribution in [3.63, 3.8) is 0 Å². The molecular formula is C16H20ClN5O4S. The van der Waals surface area contributed by atoms with Crippen LogP contribution in [0.5, 0.6) is 0 Å². The summed E-state index contributed by atoms with van der Waals surface area (Å²) in [7, 11) is -4.06. The summed E-state index contributed by atoms with van der Waals surface area (Å²) in [5.41, 5.74) is 1.21. The molecule has 0 unspecified atom stereocenters. The van der Waals surface area contributed by atoms with Crippen molar-refractivity contribution in [2.45, 2.75) is 45.1 Å². The first-order valence-electron chi connectivity index (χ1n) is 8.20. The van der Waals surface area contributed by atoms with Crippen molar-refractivity contribution in [1.82, 2.24) is 14.6 Å². The van der Waals surface area contributed by atoms with Crippen molar-refractivity contribution in [3.8, 4) is 0 Å². The third kappa shape index (κ3) is 4.83. The van der Waals surface area contributed by atoms with Gasteiger partial charge in [-0.05, 0) is 26.3 Å². The molecule has 0 bridgehead atoms. The van der Waals surface area contributed by atoms with Gasteiger partial charge in [0.15, 0.2) is 0 Å². The van der Waals surface area contributed by atoms with Gasteiger partial charge in [-0.15, -0.1) is 0 Å². The van der Waals surface area contributed by atoms with Gasteiger partial charge in [-0.2, -0.15) is 18.6 Å². The first kappa shape index (κ1) is 20.8. The van der Waals surface area contributed by atoms with E-state index >= 15 is 0 Å². The zero-order chi connectivity index (χ0) is 20.2. The maximum Gasteiger partial charge on any atom is 0.276 e. The van der Waals surface area contributed by atoms with Crippen LogP contribution in [0.1, 0.15) is 36.6 Å². The number of aryl methyl sites for hydroxylation is 3. The summed E-state index contributed by atoms with van der Waals surface area (Å²) >= 11 is 6.26. The number of sulfonamides is 1. The molecule has 1 heterocycles. The summed E-state index contributed by atoms with van der Waals surface area (Å²) in [6.07, 6.45) is 3.17. The Balaban J connectivity index is 2.22. The largest absolute Gasteiger partial charge is 0.276 e. The highest BCUT2D eigenvalue weighted by Crippen LogP contribution is 2.22. The van der Waals surface area contributed by atoms with Crippen LogP contribution in [0.15, 0.2) is 28.2 Å². The molecule has 11 heteroatoms. The van der Waals surface area contributed by atoms with Crippen molar-refractivity contribution < 1.29 is 13.3 Å². The molecule has 0 amide bonds. The maximum atomic E-state index is 12.3. The number of nitrogens with one attached hydrogen (secondary N) is 1. The van der Waals surface area contributed by atoms with E-state index in [-0.39, 0.29) is 10.6 Å². The Morgan fingerprint density at radius 2 is 2.11 bits per heavy atom. The standard InChI is InChI=1S/C16H20ClN5O4S/c1-4-5-8-21-16(17)14(12(3)19-21)10-18-20-27(25,26)13-7-6-11(2)15(9-13)22(23)24/h6-7,9-10,20H,4-5,8H2,1-3H3/b18-10-. The van der Waals surface area contributed by atoms with Crippen molar-refractivity contribution in [3.05, 3.63) is 50.3 Å². The molecule has 0 spiro atoms. The third-order valence-corrected chi connectivity index (χ3v) is 5.51. The second kappa shape index (κ2) is 8.49. The molecule has 0 aliphatic carbocycles. The summed E-state index contributed by atoms with van der Waals surface area (Å²) in [5.74, 6) is 0. The van der Waals surface area contributed by atoms with E-state index in [4.69, 9.17) is 11.6 Å². The van der Waals surface area contributed by atoms with E-state index in [1.54, 1.807) is 11.6 Å². The van der Waals surface area contributed by atoms with E-state index in [1.807, 2.05) is 4.83 Å². The molecular weight excluding hydrogens is 394 g/mol. The highest BCUT2D eigenvalue weighted by molar-refractivity contribution is 7.89. The van der Waals surface area contributed by atoms with Crippen LogP contribution in [-0.2, 0) is 16.6 Å². The fraction of sp³-hybridized carbons (Fsp3) is 0.375. The molecule has 0 atom stereocenters. The number of hydrogen-bond acceptors (Lipinski definition) is 6. The lowest BCUT2D eigenvalue weighted by molar-refractivity contribution is -0.385. The Morgan fingerprint density at radius 3 is 2.74 bits per heavy atom. The molecule has 9 nitrogen and oxygen atoms in total. The zero-order valence-corrected chi connectivity index (χ0v) is 16.7. The lowest BCUT2D eigenvalue weighted by Gasteiger charge is -2.04. The first-order valence-corrected chi connectivity index (χ1v) is 10.1. The third-order valence-electron chi connectivity index (χ3n) is 3.89. The van der Waals surface area contributed by atoms with Gasteiger partial charge in [-0.3, -0.25) is 14.8 Å². The number of nitro groups is 1. The Morgan fingerprint density at radius 1 is 1.41 bits per heavy atom. The molecule has 0 aliphatic heterocycles. The van der Waals surface area contributed by atoms with E-state index in [2.05, 4.69) is 17.1 Å². The number of halogens is 1. The maximum absolute atomic E-state index is 12.3. The number of aromatic nitrogens is 2. The molecule has 0 saturated heterocycles. The van der Waals surface area contributed by atoms with Crippen LogP contribution in [0.25, 0.3) is 0 Å². The average molecular weight is 414 g/mol. The minimum atomic E-state index is -4.06. The fourth-order valence-electron chi connectivity index (χ4n) is 2.34. The van der Waals surface area contributed by atoms with E-state index in [0.717, 1.165) is 18.9 Å². The molecule has 0 radical (unpaired) electrons. The second-order valence-electron chi connectivity index (χ2n) is 5.92. The van der Waals surface area contributed by atoms with E-state index < -0.39 is 14.9 Å². The number of benzene rings is 1. The Bertz CT molecular complexity index is 985. The van der Waals surface area contributed by atoms with Gasteiger partial charge in [0.25, 0.3) is 15.7 Å². The zero-order valence-electron chi connectivity index (χ0n) is 15.1. The van der Waals surface area contributed by atoms with E-state index in [9.17, 15) is 18.5 Å². The highest BCUT2D eigenvalue weighted by Gasteiger charge is 2.19. The molecule has 146 valence electrons. The van der Waals surface area contributed by atoms with Crippen molar-refractivity contribution in [2.24, 2.45) is 5.10 Å². The fourth-order valence-corrected chi connectivity index (χ4v) is 3.45. The van der Waals surface area contributed by atoms with Crippen LogP contribution < -0.4 is 4.83 Å². The van der Waals surface area contributed by atoms with E-state index in [1.165, 1.54) is 25.3 Å². The van der Waals surface area contributed by atoms with Gasteiger partial charge in [-0.1, -0.05) is 31.0 Å². The number of nitrogens with zero attached hydrogens (tertiary/aromatic N) is 4. The van der Waals surface area contributed by atoms with Gasteiger partial charge in [0.2, 0.25) is 0 Å². The smallest absolute Gasteiger partial charge is 0.258 e. The van der Waals surface area contributed by atoms with Crippen LogP contribution in [0, 0.1) is 24.0 Å². The first-order chi connectivity index (χ1) is 12.7. The molecule has 2 aromatic rings. The van der Waals surface area contributed by atoms with Gasteiger partial charge in [0.1, 0.15) is 5.15 Å². The number of hydrazone groups is 1. The second-order valence-corrected chi connectivity index (χ2v) is 7.94. The predicted molar refractivity (Wildman–Crippen MR) is 103 cm³/mol. The van der Waals surface area contributed by atoms with Gasteiger partial charge >= 0.3 is 0 Å². The van der Waals surface area contributed by atoms with Crippen molar-refractivity contribution in [2.75, 3.05) is 0 Å². The van der Waals surface area contributed by atoms with Crippen LogP contribution >= 0.6 is 11.6 Å². The Kier molecular flexibility index (Phi) is 6.55. The minimum Gasteiger partial charge on any atom is -0.258 e. The van der Waals surface area contributed by atoms with Gasteiger partial charge in [0, 0.05) is 18.2 Å². The lowest BCUT2D eigenvalue weighted by atomic mass is 10.2. The normalized spacial score (nSPS) is 11.9. The topological polar surface area (TPSA) is 119 Å². The monoisotopic (exact) mass is 413 g/mol. The minimum absolute atomic E-state index is 0.251. The number of hydrogen-bond donors (Lipinski definition) is 1. The molecule has 1 aromatic heterocycles. The summed E-state index contributed by atoms with van der Waals surface area (Å²) in [4.78, 5) is 12.1. The summed E-state index contributed by atoms with van der Waals surface area (Å²) in [5, 5.41) is 19.4.